The number of hydrogen-bond donors (Lipinski definition) is 3. The SMILES string of the molecule is CCN(CC)CCOc1ccc(C(=O)NCC(NS(=O)(=O)c2ccccc2)C(=O)O)cc1. The van der Waals surface area contributed by atoms with Gasteiger partial charge in [0.2, 0.25) is 10.0 Å². The molecule has 174 valence electrons. The van der Waals surface area contributed by atoms with Crippen molar-refractivity contribution in [3.63, 3.8) is 0 Å². The molecule has 0 aromatic heterocycles. The van der Waals surface area contributed by atoms with E-state index in [0.29, 0.717) is 17.9 Å². The lowest BCUT2D eigenvalue weighted by Crippen LogP contribution is -2.48. The molecule has 2 rings (SSSR count). The minimum Gasteiger partial charge on any atom is -0.492 e. The molecular formula is C22H29N3O6S. The Bertz CT molecular complexity index is 976. The van der Waals surface area contributed by atoms with Crippen LogP contribution in [0.1, 0.15) is 24.2 Å². The van der Waals surface area contributed by atoms with Crippen LogP contribution < -0.4 is 14.8 Å². The van der Waals surface area contributed by atoms with E-state index in [4.69, 9.17) is 4.74 Å². The van der Waals surface area contributed by atoms with Gasteiger partial charge < -0.3 is 20.1 Å². The number of hydrogen-bond acceptors (Lipinski definition) is 6. The summed E-state index contributed by atoms with van der Waals surface area (Å²) in [5.41, 5.74) is 0.302. The second-order valence-electron chi connectivity index (χ2n) is 6.93. The molecule has 2 aromatic carbocycles. The molecule has 0 aliphatic rings. The lowest BCUT2D eigenvalue weighted by Gasteiger charge is -2.18. The van der Waals surface area contributed by atoms with Crippen LogP contribution in [0.2, 0.25) is 0 Å². The zero-order chi connectivity index (χ0) is 23.6. The van der Waals surface area contributed by atoms with E-state index in [1.807, 2.05) is 0 Å². The topological polar surface area (TPSA) is 125 Å². The molecule has 1 unspecified atom stereocenters. The van der Waals surface area contributed by atoms with Crippen LogP contribution in [0.5, 0.6) is 5.75 Å². The van der Waals surface area contributed by atoms with Crippen LogP contribution in [-0.2, 0) is 14.8 Å². The maximum Gasteiger partial charge on any atom is 0.323 e. The lowest BCUT2D eigenvalue weighted by molar-refractivity contribution is -0.138. The summed E-state index contributed by atoms with van der Waals surface area (Å²) in [7, 11) is -4.04. The van der Waals surface area contributed by atoms with Gasteiger partial charge in [0.1, 0.15) is 18.4 Å². The molecular weight excluding hydrogens is 434 g/mol. The van der Waals surface area contributed by atoms with E-state index < -0.39 is 34.5 Å². The summed E-state index contributed by atoms with van der Waals surface area (Å²) >= 11 is 0. The van der Waals surface area contributed by atoms with Crippen LogP contribution in [0.3, 0.4) is 0 Å². The number of benzene rings is 2. The monoisotopic (exact) mass is 463 g/mol. The molecule has 0 saturated carbocycles. The molecule has 1 amide bonds. The molecule has 0 heterocycles. The number of carboxylic acid groups (broad SMARTS) is 1. The van der Waals surface area contributed by atoms with E-state index in [2.05, 4.69) is 28.8 Å². The van der Waals surface area contributed by atoms with E-state index in [1.54, 1.807) is 30.3 Å². The molecule has 32 heavy (non-hydrogen) atoms. The molecule has 9 nitrogen and oxygen atoms in total. The van der Waals surface area contributed by atoms with Gasteiger partial charge in [0.25, 0.3) is 5.91 Å². The molecule has 0 aliphatic carbocycles. The van der Waals surface area contributed by atoms with Gasteiger partial charge in [-0.25, -0.2) is 8.42 Å². The highest BCUT2D eigenvalue weighted by molar-refractivity contribution is 7.89. The minimum atomic E-state index is -4.04. The summed E-state index contributed by atoms with van der Waals surface area (Å²) in [4.78, 5) is 26.0. The Morgan fingerprint density at radius 3 is 2.22 bits per heavy atom. The standard InChI is InChI=1S/C22H29N3O6S/c1-3-25(4-2)14-15-31-18-12-10-17(11-13-18)21(26)23-16-20(22(27)28)24-32(29,30)19-8-6-5-7-9-19/h5-13,20,24H,3-4,14-16H2,1-2H3,(H,23,26)(H,27,28). The highest BCUT2D eigenvalue weighted by atomic mass is 32.2. The number of nitrogens with zero attached hydrogens (tertiary/aromatic N) is 1. The molecule has 0 saturated heterocycles. The lowest BCUT2D eigenvalue weighted by atomic mass is 10.2. The van der Waals surface area contributed by atoms with E-state index in [-0.39, 0.29) is 4.90 Å². The van der Waals surface area contributed by atoms with Gasteiger partial charge in [-0.15, -0.1) is 0 Å². The fourth-order valence-electron chi connectivity index (χ4n) is 2.87. The quantitative estimate of drug-likeness (QED) is 0.412. The summed E-state index contributed by atoms with van der Waals surface area (Å²) in [6.45, 7) is 6.95. The van der Waals surface area contributed by atoms with E-state index in [1.165, 1.54) is 24.3 Å². The third-order valence-electron chi connectivity index (χ3n) is 4.80. The molecule has 10 heteroatoms. The predicted molar refractivity (Wildman–Crippen MR) is 120 cm³/mol. The number of carbonyl (C=O) groups excluding carboxylic acids is 1. The third kappa shape index (κ3) is 7.63. The van der Waals surface area contributed by atoms with Crippen molar-refractivity contribution < 1.29 is 27.9 Å². The first-order valence-corrected chi connectivity index (χ1v) is 11.8. The number of aliphatic carboxylic acids is 1. The Labute approximate surface area is 188 Å². The van der Waals surface area contributed by atoms with Crippen LogP contribution in [0.4, 0.5) is 0 Å². The molecule has 0 radical (unpaired) electrons. The molecule has 0 aliphatic heterocycles. The summed E-state index contributed by atoms with van der Waals surface area (Å²) in [6.07, 6.45) is 0. The number of likely N-dealkylation sites (N-methyl/N-ethyl adjacent to an activating group) is 1. The fourth-order valence-corrected chi connectivity index (χ4v) is 4.08. The molecule has 1 atom stereocenters. The van der Waals surface area contributed by atoms with E-state index in [0.717, 1.165) is 19.6 Å². The summed E-state index contributed by atoms with van der Waals surface area (Å²) in [5.74, 6) is -1.31. The first-order chi connectivity index (χ1) is 15.3. The van der Waals surface area contributed by atoms with Crippen molar-refractivity contribution in [1.82, 2.24) is 14.9 Å². The first-order valence-electron chi connectivity index (χ1n) is 10.3. The Morgan fingerprint density at radius 2 is 1.66 bits per heavy atom. The number of rotatable bonds is 13. The van der Waals surface area contributed by atoms with Crippen molar-refractivity contribution in [2.45, 2.75) is 24.8 Å². The number of amides is 1. The van der Waals surface area contributed by atoms with Crippen molar-refractivity contribution in [3.8, 4) is 5.75 Å². The van der Waals surface area contributed by atoms with Crippen LogP contribution >= 0.6 is 0 Å². The Morgan fingerprint density at radius 1 is 1.03 bits per heavy atom. The Balaban J connectivity index is 1.91. The normalized spacial score (nSPS) is 12.3. The van der Waals surface area contributed by atoms with Crippen molar-refractivity contribution in [2.24, 2.45) is 0 Å². The largest absolute Gasteiger partial charge is 0.492 e. The summed E-state index contributed by atoms with van der Waals surface area (Å²) < 4.78 is 32.5. The number of carboxylic acids is 1. The number of carbonyl (C=O) groups is 2. The van der Waals surface area contributed by atoms with Crippen molar-refractivity contribution in [2.75, 3.05) is 32.8 Å². The summed E-state index contributed by atoms with van der Waals surface area (Å²) in [5, 5.41) is 11.8. The zero-order valence-corrected chi connectivity index (χ0v) is 19.0. The Kier molecular flexibility index (Phi) is 9.63. The highest BCUT2D eigenvalue weighted by Crippen LogP contribution is 2.12. The summed E-state index contributed by atoms with van der Waals surface area (Å²) in [6, 6.07) is 12.3. The smallest absolute Gasteiger partial charge is 0.323 e. The van der Waals surface area contributed by atoms with Gasteiger partial charge in [-0.1, -0.05) is 32.0 Å². The number of nitrogens with one attached hydrogen (secondary N) is 2. The van der Waals surface area contributed by atoms with E-state index in [9.17, 15) is 23.1 Å². The highest BCUT2D eigenvalue weighted by Gasteiger charge is 2.26. The zero-order valence-electron chi connectivity index (χ0n) is 18.2. The van der Waals surface area contributed by atoms with Gasteiger partial charge in [0, 0.05) is 18.7 Å². The average Bonchev–Trinajstić information content (AvgIpc) is 2.80. The van der Waals surface area contributed by atoms with Gasteiger partial charge >= 0.3 is 5.97 Å². The van der Waals surface area contributed by atoms with Crippen molar-refractivity contribution in [3.05, 3.63) is 60.2 Å². The molecule has 0 spiro atoms. The maximum absolute atomic E-state index is 12.4. The molecule has 0 bridgehead atoms. The third-order valence-corrected chi connectivity index (χ3v) is 6.29. The minimum absolute atomic E-state index is 0.0610. The van der Waals surface area contributed by atoms with Crippen LogP contribution in [0.15, 0.2) is 59.5 Å². The van der Waals surface area contributed by atoms with Gasteiger partial charge in [-0.05, 0) is 49.5 Å². The molecule has 0 fully saturated rings. The van der Waals surface area contributed by atoms with Gasteiger partial charge in [0.15, 0.2) is 0 Å². The van der Waals surface area contributed by atoms with Gasteiger partial charge in [-0.3, -0.25) is 9.59 Å². The Hall–Kier alpha value is -2.95. The van der Waals surface area contributed by atoms with Crippen LogP contribution in [-0.4, -0.2) is 69.1 Å². The second-order valence-corrected chi connectivity index (χ2v) is 8.65. The van der Waals surface area contributed by atoms with Crippen molar-refractivity contribution in [1.29, 1.82) is 0 Å². The number of sulfonamides is 1. The van der Waals surface area contributed by atoms with Crippen LogP contribution in [0, 0.1) is 0 Å². The maximum atomic E-state index is 12.4. The van der Waals surface area contributed by atoms with E-state index >= 15 is 0 Å². The van der Waals surface area contributed by atoms with Gasteiger partial charge in [-0.2, -0.15) is 4.72 Å². The number of ether oxygens (including phenoxy) is 1. The molecule has 2 aromatic rings. The average molecular weight is 464 g/mol. The van der Waals surface area contributed by atoms with Crippen LogP contribution in [0.25, 0.3) is 0 Å². The first kappa shape index (κ1) is 25.3. The fraction of sp³-hybridized carbons (Fsp3) is 0.364. The van der Waals surface area contributed by atoms with Gasteiger partial charge in [0.05, 0.1) is 4.90 Å². The predicted octanol–water partition coefficient (Wildman–Crippen LogP) is 1.57. The second kappa shape index (κ2) is 12.2. The molecule has 3 N–H and O–H groups in total. The van der Waals surface area contributed by atoms with Crippen molar-refractivity contribution >= 4 is 21.9 Å².